The normalized spacial score (nSPS) is 14.2. The Bertz CT molecular complexity index is 688. The van der Waals surface area contributed by atoms with Crippen LogP contribution in [0.1, 0.15) is 42.7 Å². The van der Waals surface area contributed by atoms with E-state index in [0.717, 1.165) is 5.56 Å². The van der Waals surface area contributed by atoms with E-state index in [1.165, 1.54) is 5.56 Å². The standard InChI is InChI=1S/C19H23NO2S/c1-19(2,3)16-11-9-14(10-12-16)13-23(22)17(18(20)21)15-7-5-4-6-8-15/h4-12,17H,13H2,1-3H3,(H2,20,21)/t17-,23?/m1/s1. The van der Waals surface area contributed by atoms with E-state index >= 15 is 0 Å². The molecule has 0 saturated carbocycles. The van der Waals surface area contributed by atoms with E-state index in [9.17, 15) is 9.00 Å². The fraction of sp³-hybridized carbons (Fsp3) is 0.316. The lowest BCUT2D eigenvalue weighted by Gasteiger charge is -2.19. The summed E-state index contributed by atoms with van der Waals surface area (Å²) < 4.78 is 12.6. The van der Waals surface area contributed by atoms with E-state index in [0.29, 0.717) is 11.3 Å². The van der Waals surface area contributed by atoms with Crippen molar-refractivity contribution in [1.82, 2.24) is 0 Å². The number of hydrogen-bond donors (Lipinski definition) is 1. The SMILES string of the molecule is CC(C)(C)c1ccc(CS(=O)[C@@H](C(N)=O)c2ccccc2)cc1. The molecule has 122 valence electrons. The second kappa shape index (κ2) is 7.09. The monoisotopic (exact) mass is 329 g/mol. The van der Waals surface area contributed by atoms with Crippen molar-refractivity contribution in [2.24, 2.45) is 5.73 Å². The minimum atomic E-state index is -1.39. The van der Waals surface area contributed by atoms with Gasteiger partial charge in [-0.2, -0.15) is 0 Å². The summed E-state index contributed by atoms with van der Waals surface area (Å²) in [6.07, 6.45) is 0. The van der Waals surface area contributed by atoms with Gasteiger partial charge in [-0.1, -0.05) is 75.4 Å². The highest BCUT2D eigenvalue weighted by molar-refractivity contribution is 7.85. The van der Waals surface area contributed by atoms with Crippen molar-refractivity contribution in [3.63, 3.8) is 0 Å². The van der Waals surface area contributed by atoms with Crippen LogP contribution in [0, 0.1) is 0 Å². The molecule has 0 spiro atoms. The summed E-state index contributed by atoms with van der Waals surface area (Å²) in [5, 5.41) is -0.779. The molecule has 1 unspecified atom stereocenters. The van der Waals surface area contributed by atoms with Gasteiger partial charge in [-0.25, -0.2) is 0 Å². The zero-order valence-electron chi connectivity index (χ0n) is 13.8. The average molecular weight is 329 g/mol. The van der Waals surface area contributed by atoms with Gasteiger partial charge in [0.15, 0.2) is 0 Å². The van der Waals surface area contributed by atoms with Crippen molar-refractivity contribution in [2.45, 2.75) is 37.2 Å². The molecule has 4 heteroatoms. The smallest absolute Gasteiger partial charge is 0.237 e. The third kappa shape index (κ3) is 4.52. The molecule has 2 aromatic rings. The van der Waals surface area contributed by atoms with Crippen molar-refractivity contribution in [3.8, 4) is 0 Å². The molecule has 0 aliphatic carbocycles. The molecule has 0 aromatic heterocycles. The molecule has 0 bridgehead atoms. The van der Waals surface area contributed by atoms with E-state index in [2.05, 4.69) is 20.8 Å². The third-order valence-corrected chi connectivity index (χ3v) is 5.40. The number of nitrogens with two attached hydrogens (primary N) is 1. The Balaban J connectivity index is 2.18. The van der Waals surface area contributed by atoms with Gasteiger partial charge in [-0.3, -0.25) is 9.00 Å². The van der Waals surface area contributed by atoms with E-state index in [1.54, 1.807) is 12.1 Å². The van der Waals surface area contributed by atoms with Crippen LogP contribution in [0.15, 0.2) is 54.6 Å². The second-order valence-corrected chi connectivity index (χ2v) is 8.19. The molecule has 2 N–H and O–H groups in total. The van der Waals surface area contributed by atoms with Gasteiger partial charge in [0.05, 0.1) is 0 Å². The molecular weight excluding hydrogens is 306 g/mol. The fourth-order valence-electron chi connectivity index (χ4n) is 2.42. The summed E-state index contributed by atoms with van der Waals surface area (Å²) in [5.74, 6) is -0.242. The Labute approximate surface area is 140 Å². The molecule has 3 nitrogen and oxygen atoms in total. The summed E-state index contributed by atoms with van der Waals surface area (Å²) in [6, 6.07) is 17.1. The molecule has 2 rings (SSSR count). The Morgan fingerprint density at radius 3 is 2.09 bits per heavy atom. The van der Waals surface area contributed by atoms with Crippen LogP contribution in [-0.2, 0) is 26.8 Å². The number of hydrogen-bond acceptors (Lipinski definition) is 2. The first-order valence-electron chi connectivity index (χ1n) is 7.60. The number of rotatable bonds is 5. The van der Waals surface area contributed by atoms with Crippen molar-refractivity contribution < 1.29 is 9.00 Å². The number of benzene rings is 2. The van der Waals surface area contributed by atoms with E-state index in [1.807, 2.05) is 42.5 Å². The van der Waals surface area contributed by atoms with Crippen LogP contribution in [0.2, 0.25) is 0 Å². The van der Waals surface area contributed by atoms with Crippen LogP contribution in [0.25, 0.3) is 0 Å². The van der Waals surface area contributed by atoms with Gasteiger partial charge >= 0.3 is 0 Å². The number of carbonyl (C=O) groups excluding carboxylic acids is 1. The maximum absolute atomic E-state index is 12.6. The molecule has 0 heterocycles. The molecule has 23 heavy (non-hydrogen) atoms. The van der Waals surface area contributed by atoms with Crippen LogP contribution in [0.3, 0.4) is 0 Å². The summed E-state index contributed by atoms with van der Waals surface area (Å²) >= 11 is 0. The first-order chi connectivity index (χ1) is 10.8. The summed E-state index contributed by atoms with van der Waals surface area (Å²) in [5.41, 5.74) is 8.42. The molecule has 2 atom stereocenters. The highest BCUT2D eigenvalue weighted by Gasteiger charge is 2.25. The summed E-state index contributed by atoms with van der Waals surface area (Å²) in [7, 11) is -1.39. The highest BCUT2D eigenvalue weighted by atomic mass is 32.2. The van der Waals surface area contributed by atoms with E-state index in [4.69, 9.17) is 5.73 Å². The zero-order chi connectivity index (χ0) is 17.0. The molecule has 1 amide bonds. The molecule has 2 aromatic carbocycles. The number of carbonyl (C=O) groups is 1. The molecule has 0 saturated heterocycles. The second-order valence-electron chi connectivity index (χ2n) is 6.67. The third-order valence-electron chi connectivity index (χ3n) is 3.75. The van der Waals surface area contributed by atoms with Crippen molar-refractivity contribution in [2.75, 3.05) is 0 Å². The minimum absolute atomic E-state index is 0.0808. The molecule has 0 aliphatic rings. The largest absolute Gasteiger partial charge is 0.368 e. The van der Waals surface area contributed by atoms with Crippen LogP contribution in [0.4, 0.5) is 0 Å². The Hall–Kier alpha value is -1.94. The van der Waals surface area contributed by atoms with Crippen molar-refractivity contribution in [1.29, 1.82) is 0 Å². The van der Waals surface area contributed by atoms with Gasteiger partial charge in [-0.15, -0.1) is 0 Å². The quantitative estimate of drug-likeness (QED) is 0.913. The van der Waals surface area contributed by atoms with Crippen molar-refractivity contribution >= 4 is 16.7 Å². The van der Waals surface area contributed by atoms with Gasteiger partial charge < -0.3 is 5.73 Å². The topological polar surface area (TPSA) is 60.2 Å². The van der Waals surface area contributed by atoms with Crippen molar-refractivity contribution in [3.05, 3.63) is 71.3 Å². The van der Waals surface area contributed by atoms with Gasteiger partial charge in [0.2, 0.25) is 5.91 Å². The predicted octanol–water partition coefficient (Wildman–Crippen LogP) is 3.46. The summed E-state index contributed by atoms with van der Waals surface area (Å²) in [6.45, 7) is 6.45. The van der Waals surface area contributed by atoms with Gasteiger partial charge in [0.1, 0.15) is 5.25 Å². The molecule has 0 fully saturated rings. The van der Waals surface area contributed by atoms with Gasteiger partial charge in [-0.05, 0) is 22.1 Å². The van der Waals surface area contributed by atoms with Crippen LogP contribution in [0.5, 0.6) is 0 Å². The van der Waals surface area contributed by atoms with Gasteiger partial charge in [0.25, 0.3) is 0 Å². The number of primary amides is 1. The van der Waals surface area contributed by atoms with E-state index < -0.39 is 22.0 Å². The van der Waals surface area contributed by atoms with Gasteiger partial charge in [0, 0.05) is 16.6 Å². The average Bonchev–Trinajstić information content (AvgIpc) is 2.47. The maximum atomic E-state index is 12.6. The predicted molar refractivity (Wildman–Crippen MR) is 95.4 cm³/mol. The Morgan fingerprint density at radius 1 is 1.04 bits per heavy atom. The lowest BCUT2D eigenvalue weighted by Crippen LogP contribution is -2.25. The zero-order valence-corrected chi connectivity index (χ0v) is 14.6. The highest BCUT2D eigenvalue weighted by Crippen LogP contribution is 2.25. The van der Waals surface area contributed by atoms with Crippen LogP contribution >= 0.6 is 0 Å². The fourth-order valence-corrected chi connectivity index (χ4v) is 3.83. The Kier molecular flexibility index (Phi) is 5.37. The molecular formula is C19H23NO2S. The Morgan fingerprint density at radius 2 is 1.61 bits per heavy atom. The molecule has 0 aliphatic heterocycles. The maximum Gasteiger partial charge on any atom is 0.237 e. The van der Waals surface area contributed by atoms with Crippen LogP contribution < -0.4 is 5.73 Å². The first-order valence-corrected chi connectivity index (χ1v) is 8.98. The number of amides is 1. The minimum Gasteiger partial charge on any atom is -0.368 e. The lowest BCUT2D eigenvalue weighted by molar-refractivity contribution is -0.117. The lowest BCUT2D eigenvalue weighted by atomic mass is 9.87. The molecule has 0 radical (unpaired) electrons. The summed E-state index contributed by atoms with van der Waals surface area (Å²) in [4.78, 5) is 11.7. The van der Waals surface area contributed by atoms with E-state index in [-0.39, 0.29) is 5.41 Å². The first kappa shape index (κ1) is 17.4. The van der Waals surface area contributed by atoms with Crippen LogP contribution in [-0.4, -0.2) is 10.1 Å².